The van der Waals surface area contributed by atoms with Crippen LogP contribution < -0.4 is 5.32 Å². The topological polar surface area (TPSA) is 50.7 Å². The van der Waals surface area contributed by atoms with Crippen molar-refractivity contribution in [2.75, 3.05) is 5.32 Å². The molecule has 0 radical (unpaired) electrons. The zero-order chi connectivity index (χ0) is 22.1. The fraction of sp³-hybridized carbons (Fsp3) is 0. The van der Waals surface area contributed by atoms with E-state index < -0.39 is 17.5 Å². The molecule has 0 unspecified atom stereocenters. The van der Waals surface area contributed by atoms with Crippen LogP contribution in [-0.2, 0) is 0 Å². The fourth-order valence-corrected chi connectivity index (χ4v) is 3.42. The molecule has 1 N–H and O–H groups in total. The van der Waals surface area contributed by atoms with E-state index in [1.54, 1.807) is 30.6 Å². The monoisotopic (exact) mass is 428 g/mol. The summed E-state index contributed by atoms with van der Waals surface area (Å²) in [5, 5.41) is 3.39. The van der Waals surface area contributed by atoms with E-state index in [4.69, 9.17) is 0 Å². The zero-order valence-corrected chi connectivity index (χ0v) is 16.6. The summed E-state index contributed by atoms with van der Waals surface area (Å²) in [5.41, 5.74) is 2.43. The number of aromatic nitrogens is 3. The highest BCUT2D eigenvalue weighted by atomic mass is 19.2. The Balaban J connectivity index is 1.73. The standard InChI is InChI=1S/C25H15F3N4/c26-20-9-8-18(13-21(20)27)30-25-19-11-17(15-5-2-1-3-6-15)12-22(28)23(19)31-24(32-25)16-7-4-10-29-14-16/h1-14H,(H,30,31,32). The summed E-state index contributed by atoms with van der Waals surface area (Å²) in [4.78, 5) is 13.0. The Morgan fingerprint density at radius 2 is 1.47 bits per heavy atom. The number of nitrogens with one attached hydrogen (secondary N) is 1. The summed E-state index contributed by atoms with van der Waals surface area (Å²) in [5.74, 6) is -1.98. The predicted octanol–water partition coefficient (Wildman–Crippen LogP) is 6.52. The number of rotatable bonds is 4. The Kier molecular flexibility index (Phi) is 4.99. The molecule has 0 aliphatic carbocycles. The number of hydrogen-bond acceptors (Lipinski definition) is 4. The molecule has 0 spiro atoms. The van der Waals surface area contributed by atoms with E-state index in [1.165, 1.54) is 12.1 Å². The van der Waals surface area contributed by atoms with Gasteiger partial charge in [-0.1, -0.05) is 30.3 Å². The van der Waals surface area contributed by atoms with Crippen molar-refractivity contribution in [1.29, 1.82) is 0 Å². The summed E-state index contributed by atoms with van der Waals surface area (Å²) in [6.07, 6.45) is 3.18. The minimum Gasteiger partial charge on any atom is -0.340 e. The van der Waals surface area contributed by atoms with Gasteiger partial charge in [-0.15, -0.1) is 0 Å². The summed E-state index contributed by atoms with van der Waals surface area (Å²) in [6, 6.07) is 19.4. The fourth-order valence-electron chi connectivity index (χ4n) is 3.42. The highest BCUT2D eigenvalue weighted by molar-refractivity contribution is 5.95. The molecule has 0 saturated carbocycles. The first kappa shape index (κ1) is 19.7. The smallest absolute Gasteiger partial charge is 0.163 e. The van der Waals surface area contributed by atoms with Gasteiger partial charge in [0.25, 0.3) is 0 Å². The third-order valence-corrected chi connectivity index (χ3v) is 4.96. The third-order valence-electron chi connectivity index (χ3n) is 4.96. The van der Waals surface area contributed by atoms with Crippen LogP contribution in [0.25, 0.3) is 33.4 Å². The highest BCUT2D eigenvalue weighted by Gasteiger charge is 2.16. The summed E-state index contributed by atoms with van der Waals surface area (Å²) in [6.45, 7) is 0. The average molecular weight is 428 g/mol. The van der Waals surface area contributed by atoms with Crippen molar-refractivity contribution in [3.63, 3.8) is 0 Å². The molecule has 156 valence electrons. The maximum absolute atomic E-state index is 15.2. The molecule has 0 aliphatic rings. The molecule has 0 bridgehead atoms. The Hall–Kier alpha value is -4.26. The van der Waals surface area contributed by atoms with Gasteiger partial charge in [-0.25, -0.2) is 23.1 Å². The van der Waals surface area contributed by atoms with Crippen LogP contribution >= 0.6 is 0 Å². The second-order valence-electron chi connectivity index (χ2n) is 7.11. The van der Waals surface area contributed by atoms with Crippen LogP contribution in [0.3, 0.4) is 0 Å². The van der Waals surface area contributed by atoms with E-state index in [9.17, 15) is 8.78 Å². The van der Waals surface area contributed by atoms with Gasteiger partial charge in [0.1, 0.15) is 17.2 Å². The van der Waals surface area contributed by atoms with Gasteiger partial charge in [0.15, 0.2) is 17.5 Å². The minimum absolute atomic E-state index is 0.101. The second kappa shape index (κ2) is 8.11. The molecule has 3 aromatic carbocycles. The molecule has 0 atom stereocenters. The van der Waals surface area contributed by atoms with Crippen molar-refractivity contribution in [2.24, 2.45) is 0 Å². The molecule has 0 aliphatic heterocycles. The molecule has 7 heteroatoms. The van der Waals surface area contributed by atoms with Gasteiger partial charge in [-0.05, 0) is 47.5 Å². The first-order valence-electron chi connectivity index (χ1n) is 9.78. The molecule has 4 nitrogen and oxygen atoms in total. The van der Waals surface area contributed by atoms with E-state index in [-0.39, 0.29) is 22.8 Å². The van der Waals surface area contributed by atoms with Gasteiger partial charge in [0.05, 0.1) is 0 Å². The Morgan fingerprint density at radius 3 is 2.22 bits per heavy atom. The lowest BCUT2D eigenvalue weighted by atomic mass is 10.0. The van der Waals surface area contributed by atoms with Crippen molar-refractivity contribution in [2.45, 2.75) is 0 Å². The summed E-state index contributed by atoms with van der Waals surface area (Å²) in [7, 11) is 0. The lowest BCUT2D eigenvalue weighted by molar-refractivity contribution is 0.509. The van der Waals surface area contributed by atoms with Crippen LogP contribution in [0, 0.1) is 17.5 Å². The second-order valence-corrected chi connectivity index (χ2v) is 7.11. The van der Waals surface area contributed by atoms with E-state index in [0.29, 0.717) is 16.5 Å². The van der Waals surface area contributed by atoms with Gasteiger partial charge in [-0.2, -0.15) is 0 Å². The molecular weight excluding hydrogens is 413 g/mol. The lowest BCUT2D eigenvalue weighted by Gasteiger charge is -2.13. The van der Waals surface area contributed by atoms with Crippen LogP contribution in [0.2, 0.25) is 0 Å². The van der Waals surface area contributed by atoms with Gasteiger partial charge in [0.2, 0.25) is 0 Å². The van der Waals surface area contributed by atoms with Crippen LogP contribution in [0.4, 0.5) is 24.7 Å². The van der Waals surface area contributed by atoms with Crippen molar-refractivity contribution in [3.05, 3.63) is 103 Å². The Bertz CT molecular complexity index is 1420. The minimum atomic E-state index is -1.00. The summed E-state index contributed by atoms with van der Waals surface area (Å²) >= 11 is 0. The van der Waals surface area contributed by atoms with Crippen molar-refractivity contribution < 1.29 is 13.2 Å². The van der Waals surface area contributed by atoms with E-state index >= 15 is 4.39 Å². The molecule has 2 heterocycles. The number of fused-ring (bicyclic) bond motifs is 1. The third kappa shape index (κ3) is 3.76. The van der Waals surface area contributed by atoms with Crippen LogP contribution in [0.15, 0.2) is 85.2 Å². The number of halogens is 3. The van der Waals surface area contributed by atoms with E-state index in [0.717, 1.165) is 17.7 Å². The van der Waals surface area contributed by atoms with Crippen LogP contribution in [0.1, 0.15) is 0 Å². The molecular formula is C25H15F3N4. The van der Waals surface area contributed by atoms with Gasteiger partial charge in [0, 0.05) is 35.1 Å². The van der Waals surface area contributed by atoms with Gasteiger partial charge < -0.3 is 5.32 Å². The normalized spacial score (nSPS) is 11.0. The van der Waals surface area contributed by atoms with E-state index in [2.05, 4.69) is 20.3 Å². The average Bonchev–Trinajstić information content (AvgIpc) is 2.83. The molecule has 5 rings (SSSR count). The number of nitrogens with zero attached hydrogens (tertiary/aromatic N) is 3. The quantitative estimate of drug-likeness (QED) is 0.354. The summed E-state index contributed by atoms with van der Waals surface area (Å²) < 4.78 is 42.4. The van der Waals surface area contributed by atoms with Crippen molar-refractivity contribution >= 4 is 22.4 Å². The Labute approximate surface area is 181 Å². The first-order valence-corrected chi connectivity index (χ1v) is 9.78. The molecule has 32 heavy (non-hydrogen) atoms. The molecule has 5 aromatic rings. The first-order chi connectivity index (χ1) is 15.6. The van der Waals surface area contributed by atoms with Crippen LogP contribution in [-0.4, -0.2) is 15.0 Å². The zero-order valence-electron chi connectivity index (χ0n) is 16.6. The number of anilines is 2. The number of benzene rings is 3. The molecule has 0 fully saturated rings. The maximum Gasteiger partial charge on any atom is 0.163 e. The predicted molar refractivity (Wildman–Crippen MR) is 118 cm³/mol. The SMILES string of the molecule is Fc1ccc(Nc2nc(-c3cccnc3)nc3c(F)cc(-c4ccccc4)cc23)cc1F. The highest BCUT2D eigenvalue weighted by Crippen LogP contribution is 2.33. The van der Waals surface area contributed by atoms with Gasteiger partial charge in [-0.3, -0.25) is 4.98 Å². The number of pyridine rings is 1. The lowest BCUT2D eigenvalue weighted by Crippen LogP contribution is -2.02. The molecule has 0 saturated heterocycles. The molecule has 2 aromatic heterocycles. The Morgan fingerprint density at radius 1 is 0.656 bits per heavy atom. The van der Waals surface area contributed by atoms with Gasteiger partial charge >= 0.3 is 0 Å². The van der Waals surface area contributed by atoms with Crippen molar-refractivity contribution in [3.8, 4) is 22.5 Å². The largest absolute Gasteiger partial charge is 0.340 e. The molecule has 0 amide bonds. The number of hydrogen-bond donors (Lipinski definition) is 1. The van der Waals surface area contributed by atoms with Crippen LogP contribution in [0.5, 0.6) is 0 Å². The van der Waals surface area contributed by atoms with E-state index in [1.807, 2.05) is 30.3 Å². The van der Waals surface area contributed by atoms with Crippen molar-refractivity contribution in [1.82, 2.24) is 15.0 Å². The maximum atomic E-state index is 15.2.